The maximum atomic E-state index is 11.7. The molecule has 0 aliphatic carbocycles. The van der Waals surface area contributed by atoms with Gasteiger partial charge < -0.3 is 9.47 Å². The fraction of sp³-hybridized carbons (Fsp3) is 0.619. The van der Waals surface area contributed by atoms with E-state index in [1.807, 2.05) is 13.8 Å². The molecular weight excluding hydrogens is 348 g/mol. The van der Waals surface area contributed by atoms with Crippen molar-refractivity contribution in [2.45, 2.75) is 71.6 Å². The fourth-order valence-corrected chi connectivity index (χ4v) is 3.01. The Kier molecular flexibility index (Phi) is 7.95. The second-order valence-electron chi connectivity index (χ2n) is 6.90. The molecule has 0 aliphatic heterocycles. The topological polar surface area (TPSA) is 86.7 Å². The molecule has 2 aromatic carbocycles. The summed E-state index contributed by atoms with van der Waals surface area (Å²) >= 11 is 0. The van der Waals surface area contributed by atoms with Crippen molar-refractivity contribution >= 4 is 0 Å². The highest BCUT2D eigenvalue weighted by Gasteiger charge is 2.23. The van der Waals surface area contributed by atoms with Crippen molar-refractivity contribution in [1.82, 2.24) is 0 Å². The lowest BCUT2D eigenvalue weighted by atomic mass is 9.98. The van der Waals surface area contributed by atoms with E-state index in [4.69, 9.17) is 9.47 Å². The van der Waals surface area contributed by atoms with Crippen molar-refractivity contribution in [2.75, 3.05) is 13.2 Å². The van der Waals surface area contributed by atoms with Gasteiger partial charge in [-0.3, -0.25) is 19.2 Å². The zero-order valence-corrected chi connectivity index (χ0v) is 16.2. The number of ether oxygens (including phenoxy) is 2. The smallest absolute Gasteiger partial charge is 0.268 e. The molecule has 6 nitrogen and oxygen atoms in total. The molecule has 0 unspecified atom stereocenters. The van der Waals surface area contributed by atoms with Crippen LogP contribution in [0.25, 0.3) is 0 Å². The summed E-state index contributed by atoms with van der Waals surface area (Å²) in [4.78, 5) is 46.5. The molecule has 0 aromatic heterocycles. The highest BCUT2D eigenvalue weighted by atomic mass is 16.5. The first-order chi connectivity index (χ1) is 13.0. The van der Waals surface area contributed by atoms with E-state index in [0.29, 0.717) is 37.2 Å². The number of hydrogen-bond donors (Lipinski definition) is 0. The van der Waals surface area contributed by atoms with Crippen LogP contribution in [0.4, 0.5) is 0 Å². The molecule has 0 saturated heterocycles. The maximum absolute atomic E-state index is 11.7. The van der Waals surface area contributed by atoms with E-state index in [2.05, 4.69) is 0 Å². The molecule has 0 radical (unpaired) electrons. The minimum atomic E-state index is -0.515. The van der Waals surface area contributed by atoms with Crippen molar-refractivity contribution in [1.29, 1.82) is 0 Å². The van der Waals surface area contributed by atoms with Crippen LogP contribution in [-0.2, 0) is 12.8 Å². The molecule has 0 heterocycles. The van der Waals surface area contributed by atoms with Crippen LogP contribution in [0.5, 0.6) is 11.5 Å². The van der Waals surface area contributed by atoms with Gasteiger partial charge in [-0.05, 0) is 38.5 Å². The molecule has 0 saturated carbocycles. The average molecular weight is 376 g/mol. The van der Waals surface area contributed by atoms with Crippen LogP contribution in [0.15, 0.2) is 19.2 Å². The monoisotopic (exact) mass is 376 g/mol. The average Bonchev–Trinajstić information content (AvgIpc) is 2.69. The normalized spacial score (nSPS) is 11.3. The number of hydrogen-bond acceptors (Lipinski definition) is 6. The summed E-state index contributed by atoms with van der Waals surface area (Å²) in [7, 11) is 0. The molecule has 0 fully saturated rings. The molecule has 0 N–H and O–H groups in total. The zero-order valence-electron chi connectivity index (χ0n) is 16.2. The van der Waals surface area contributed by atoms with E-state index in [-0.39, 0.29) is 11.5 Å². The highest BCUT2D eigenvalue weighted by Crippen LogP contribution is 2.18. The van der Waals surface area contributed by atoms with Crippen LogP contribution in [0, 0.1) is 0 Å². The zero-order chi connectivity index (χ0) is 19.8. The summed E-state index contributed by atoms with van der Waals surface area (Å²) in [5.41, 5.74) is -0.911. The molecule has 27 heavy (non-hydrogen) atoms. The van der Waals surface area contributed by atoms with Crippen molar-refractivity contribution in [3.63, 3.8) is 0 Å². The molecule has 2 aromatic rings. The first kappa shape index (κ1) is 21.1. The highest BCUT2D eigenvalue weighted by molar-refractivity contribution is 5.40. The predicted octanol–water partition coefficient (Wildman–Crippen LogP) is 2.19. The number of unbranched alkanes of at least 4 members (excludes halogenated alkanes) is 4. The molecular formula is C21H28O6. The van der Waals surface area contributed by atoms with Crippen molar-refractivity contribution < 1.29 is 9.47 Å². The van der Waals surface area contributed by atoms with Gasteiger partial charge in [0.25, 0.3) is 10.9 Å². The lowest BCUT2D eigenvalue weighted by molar-refractivity contribution is 0.298. The first-order valence-corrected chi connectivity index (χ1v) is 9.92. The summed E-state index contributed by atoms with van der Waals surface area (Å²) in [5.74, 6) is 0.477. The van der Waals surface area contributed by atoms with Crippen LogP contribution in [0.2, 0.25) is 0 Å². The number of rotatable bonds is 14. The Hall–Kier alpha value is -2.24. The third-order valence-corrected chi connectivity index (χ3v) is 4.76. The maximum Gasteiger partial charge on any atom is 0.268 e. The predicted molar refractivity (Wildman–Crippen MR) is 105 cm³/mol. The van der Waals surface area contributed by atoms with E-state index in [1.54, 1.807) is 0 Å². The third kappa shape index (κ3) is 4.93. The molecule has 148 valence electrons. The molecule has 0 aliphatic rings. The van der Waals surface area contributed by atoms with E-state index in [9.17, 15) is 19.2 Å². The van der Waals surface area contributed by atoms with E-state index >= 15 is 0 Å². The molecule has 0 spiro atoms. The van der Waals surface area contributed by atoms with E-state index in [1.165, 1.54) is 0 Å². The van der Waals surface area contributed by atoms with Crippen LogP contribution >= 0.6 is 0 Å². The fourth-order valence-electron chi connectivity index (χ4n) is 3.01. The van der Waals surface area contributed by atoms with Gasteiger partial charge in [-0.1, -0.05) is 33.1 Å². The van der Waals surface area contributed by atoms with Crippen molar-refractivity contribution in [3.8, 4) is 11.5 Å². The van der Waals surface area contributed by atoms with Crippen LogP contribution in [0.1, 0.15) is 69.9 Å². The van der Waals surface area contributed by atoms with Gasteiger partial charge in [0, 0.05) is 11.1 Å². The molecule has 0 bridgehead atoms. The van der Waals surface area contributed by atoms with Gasteiger partial charge in [0.1, 0.15) is 0 Å². The van der Waals surface area contributed by atoms with E-state index < -0.39 is 21.7 Å². The minimum Gasteiger partial charge on any atom is -0.489 e. The van der Waals surface area contributed by atoms with Crippen molar-refractivity contribution in [3.05, 3.63) is 52.0 Å². The Morgan fingerprint density at radius 2 is 0.963 bits per heavy atom. The summed E-state index contributed by atoms with van der Waals surface area (Å²) in [6.07, 6.45) is 6.91. The largest absolute Gasteiger partial charge is 0.489 e. The van der Waals surface area contributed by atoms with E-state index in [0.717, 1.165) is 44.9 Å². The van der Waals surface area contributed by atoms with Crippen LogP contribution in [0.3, 0.4) is 0 Å². The van der Waals surface area contributed by atoms with Gasteiger partial charge in [0.2, 0.25) is 10.9 Å². The molecule has 6 heteroatoms. The SMILES string of the molecule is CCCCOc1c(CCCCCc2c(OCCCC)c(=O)c2=O)c(=O)c1=O. The van der Waals surface area contributed by atoms with Gasteiger partial charge in [-0.15, -0.1) is 0 Å². The van der Waals surface area contributed by atoms with Crippen LogP contribution in [-0.4, -0.2) is 13.2 Å². The molecule has 2 rings (SSSR count). The molecule has 0 atom stereocenters. The lowest BCUT2D eigenvalue weighted by Gasteiger charge is -2.13. The van der Waals surface area contributed by atoms with Gasteiger partial charge >= 0.3 is 0 Å². The lowest BCUT2D eigenvalue weighted by Crippen LogP contribution is -2.37. The second kappa shape index (κ2) is 10.2. The summed E-state index contributed by atoms with van der Waals surface area (Å²) in [6.45, 7) is 4.98. The summed E-state index contributed by atoms with van der Waals surface area (Å²) < 4.78 is 10.9. The van der Waals surface area contributed by atoms with Gasteiger partial charge in [-0.25, -0.2) is 0 Å². The summed E-state index contributed by atoms with van der Waals surface area (Å²) in [6, 6.07) is 0. The third-order valence-electron chi connectivity index (χ3n) is 4.76. The minimum absolute atomic E-state index is 0.238. The Balaban J connectivity index is 1.76. The Morgan fingerprint density at radius 3 is 1.33 bits per heavy atom. The Bertz CT molecular complexity index is 805. The summed E-state index contributed by atoms with van der Waals surface area (Å²) in [5, 5.41) is 0. The quantitative estimate of drug-likeness (QED) is 0.371. The standard InChI is InChI=1S/C21H28O6/c1-3-5-12-26-20-14(16(22)18(20)24)10-8-7-9-11-15-17(23)19(25)21(15)27-13-6-4-2/h3-13H2,1-2H3. The Labute approximate surface area is 158 Å². The first-order valence-electron chi connectivity index (χ1n) is 9.92. The van der Waals surface area contributed by atoms with Gasteiger partial charge in [-0.2, -0.15) is 0 Å². The van der Waals surface area contributed by atoms with Gasteiger partial charge in [0.15, 0.2) is 11.5 Å². The second-order valence-corrected chi connectivity index (χ2v) is 6.90. The van der Waals surface area contributed by atoms with Gasteiger partial charge in [0.05, 0.1) is 13.2 Å². The van der Waals surface area contributed by atoms with Crippen LogP contribution < -0.4 is 31.2 Å². The van der Waals surface area contributed by atoms with Crippen molar-refractivity contribution in [2.24, 2.45) is 0 Å². The molecule has 0 amide bonds. The Morgan fingerprint density at radius 1 is 0.556 bits per heavy atom.